The Labute approximate surface area is 130 Å². The Kier molecular flexibility index (Phi) is 7.13. The highest BCUT2D eigenvalue weighted by atomic mass is 79.9. The second kappa shape index (κ2) is 8.11. The van der Waals surface area contributed by atoms with Crippen LogP contribution >= 0.6 is 15.9 Å². The highest BCUT2D eigenvalue weighted by Gasteiger charge is 2.23. The fourth-order valence-electron chi connectivity index (χ4n) is 2.21. The van der Waals surface area contributed by atoms with E-state index in [4.69, 9.17) is 4.74 Å². The summed E-state index contributed by atoms with van der Waals surface area (Å²) in [6, 6.07) is 5.11. The molecule has 2 nitrogen and oxygen atoms in total. The minimum Gasteiger partial charge on any atom is -0.379 e. The Hall–Kier alpha value is -0.450. The van der Waals surface area contributed by atoms with Crippen LogP contribution in [0.1, 0.15) is 39.2 Å². The molecule has 1 N–H and O–H groups in total. The molecule has 0 fully saturated rings. The Morgan fingerprint density at radius 3 is 2.70 bits per heavy atom. The van der Waals surface area contributed by atoms with Gasteiger partial charge in [-0.05, 0) is 63.4 Å². The SMILES string of the molecule is CCCNC(Cc1cc(F)ccc1Br)CC(C)(C)OC. The smallest absolute Gasteiger partial charge is 0.123 e. The van der Waals surface area contributed by atoms with E-state index in [0.717, 1.165) is 35.8 Å². The summed E-state index contributed by atoms with van der Waals surface area (Å²) in [6.07, 6.45) is 2.74. The quantitative estimate of drug-likeness (QED) is 0.757. The third kappa shape index (κ3) is 5.90. The lowest BCUT2D eigenvalue weighted by atomic mass is 9.94. The fourth-order valence-corrected chi connectivity index (χ4v) is 2.62. The molecular weight excluding hydrogens is 321 g/mol. The second-order valence-corrected chi connectivity index (χ2v) is 6.61. The maximum atomic E-state index is 13.4. The minimum absolute atomic E-state index is 0.189. The number of methoxy groups -OCH3 is 1. The van der Waals surface area contributed by atoms with Crippen LogP contribution in [-0.2, 0) is 11.2 Å². The Bertz CT molecular complexity index is 423. The van der Waals surface area contributed by atoms with Crippen molar-refractivity contribution in [1.82, 2.24) is 5.32 Å². The molecule has 0 radical (unpaired) electrons. The molecule has 0 spiro atoms. The van der Waals surface area contributed by atoms with Crippen molar-refractivity contribution in [3.63, 3.8) is 0 Å². The van der Waals surface area contributed by atoms with Crippen molar-refractivity contribution < 1.29 is 9.13 Å². The molecular formula is C16H25BrFNO. The zero-order chi connectivity index (χ0) is 15.2. The van der Waals surface area contributed by atoms with Crippen LogP contribution in [0.5, 0.6) is 0 Å². The molecule has 0 saturated carbocycles. The number of nitrogens with one attached hydrogen (secondary N) is 1. The summed E-state index contributed by atoms with van der Waals surface area (Å²) in [5.74, 6) is -0.191. The molecule has 0 bridgehead atoms. The van der Waals surface area contributed by atoms with Gasteiger partial charge in [-0.15, -0.1) is 0 Å². The van der Waals surface area contributed by atoms with E-state index in [9.17, 15) is 4.39 Å². The molecule has 1 aromatic rings. The van der Waals surface area contributed by atoms with Crippen LogP contribution in [0.2, 0.25) is 0 Å². The van der Waals surface area contributed by atoms with Crippen LogP contribution in [0.25, 0.3) is 0 Å². The lowest BCUT2D eigenvalue weighted by Gasteiger charge is -2.29. The van der Waals surface area contributed by atoms with Crippen molar-refractivity contribution in [3.05, 3.63) is 34.1 Å². The molecule has 0 aliphatic carbocycles. The van der Waals surface area contributed by atoms with E-state index >= 15 is 0 Å². The van der Waals surface area contributed by atoms with Crippen molar-refractivity contribution >= 4 is 15.9 Å². The lowest BCUT2D eigenvalue weighted by Crippen LogP contribution is -2.39. The fraction of sp³-hybridized carbons (Fsp3) is 0.625. The van der Waals surface area contributed by atoms with Gasteiger partial charge in [0.25, 0.3) is 0 Å². The molecule has 4 heteroatoms. The first-order valence-corrected chi connectivity index (χ1v) is 7.89. The molecule has 1 unspecified atom stereocenters. The van der Waals surface area contributed by atoms with Gasteiger partial charge in [-0.3, -0.25) is 0 Å². The largest absolute Gasteiger partial charge is 0.379 e. The van der Waals surface area contributed by atoms with Gasteiger partial charge in [0.1, 0.15) is 5.82 Å². The van der Waals surface area contributed by atoms with E-state index in [1.54, 1.807) is 19.2 Å². The first-order chi connectivity index (χ1) is 9.38. The van der Waals surface area contributed by atoms with Crippen LogP contribution in [0, 0.1) is 5.82 Å². The Morgan fingerprint density at radius 2 is 2.10 bits per heavy atom. The van der Waals surface area contributed by atoms with Gasteiger partial charge in [-0.1, -0.05) is 22.9 Å². The number of hydrogen-bond acceptors (Lipinski definition) is 2. The average molecular weight is 346 g/mol. The van der Waals surface area contributed by atoms with Crippen LogP contribution in [0.15, 0.2) is 22.7 Å². The van der Waals surface area contributed by atoms with E-state index in [0.29, 0.717) is 0 Å². The summed E-state index contributed by atoms with van der Waals surface area (Å²) < 4.78 is 19.9. The molecule has 0 aliphatic rings. The molecule has 0 aromatic heterocycles. The zero-order valence-electron chi connectivity index (χ0n) is 12.8. The Balaban J connectivity index is 2.80. The topological polar surface area (TPSA) is 21.3 Å². The number of benzene rings is 1. The monoisotopic (exact) mass is 345 g/mol. The summed E-state index contributed by atoms with van der Waals surface area (Å²) in [5.41, 5.74) is 0.802. The molecule has 0 amide bonds. The van der Waals surface area contributed by atoms with E-state index in [1.807, 2.05) is 0 Å². The van der Waals surface area contributed by atoms with E-state index in [-0.39, 0.29) is 17.5 Å². The van der Waals surface area contributed by atoms with Gasteiger partial charge in [-0.25, -0.2) is 4.39 Å². The number of rotatable bonds is 8. The van der Waals surface area contributed by atoms with Crippen LogP contribution < -0.4 is 5.32 Å². The van der Waals surface area contributed by atoms with Crippen molar-refractivity contribution in [1.29, 1.82) is 0 Å². The van der Waals surface area contributed by atoms with E-state index in [1.165, 1.54) is 6.07 Å². The van der Waals surface area contributed by atoms with Gasteiger partial charge in [0.15, 0.2) is 0 Å². The summed E-state index contributed by atoms with van der Waals surface area (Å²) in [4.78, 5) is 0. The molecule has 0 saturated heterocycles. The van der Waals surface area contributed by atoms with Crippen LogP contribution in [-0.4, -0.2) is 25.3 Å². The predicted octanol–water partition coefficient (Wildman–Crippen LogP) is 4.31. The highest BCUT2D eigenvalue weighted by molar-refractivity contribution is 9.10. The van der Waals surface area contributed by atoms with Crippen molar-refractivity contribution in [3.8, 4) is 0 Å². The predicted molar refractivity (Wildman–Crippen MR) is 85.6 cm³/mol. The molecule has 1 atom stereocenters. The highest BCUT2D eigenvalue weighted by Crippen LogP contribution is 2.23. The third-order valence-electron chi connectivity index (χ3n) is 3.45. The molecule has 20 heavy (non-hydrogen) atoms. The maximum Gasteiger partial charge on any atom is 0.123 e. The summed E-state index contributed by atoms with van der Waals surface area (Å²) in [7, 11) is 1.73. The zero-order valence-corrected chi connectivity index (χ0v) is 14.4. The Morgan fingerprint density at radius 1 is 1.40 bits per heavy atom. The molecule has 1 aromatic carbocycles. The maximum absolute atomic E-state index is 13.4. The van der Waals surface area contributed by atoms with Gasteiger partial charge in [0.05, 0.1) is 5.60 Å². The number of ether oxygens (including phenoxy) is 1. The summed E-state index contributed by atoms with van der Waals surface area (Å²) >= 11 is 3.50. The first-order valence-electron chi connectivity index (χ1n) is 7.10. The van der Waals surface area contributed by atoms with Crippen molar-refractivity contribution in [2.45, 2.75) is 51.7 Å². The number of hydrogen-bond donors (Lipinski definition) is 1. The molecule has 114 valence electrons. The van der Waals surface area contributed by atoms with Gasteiger partial charge in [-0.2, -0.15) is 0 Å². The second-order valence-electron chi connectivity index (χ2n) is 5.76. The van der Waals surface area contributed by atoms with Crippen molar-refractivity contribution in [2.24, 2.45) is 0 Å². The van der Waals surface area contributed by atoms with Gasteiger partial charge >= 0.3 is 0 Å². The number of halogens is 2. The third-order valence-corrected chi connectivity index (χ3v) is 4.22. The summed E-state index contributed by atoms with van der Waals surface area (Å²) in [6.45, 7) is 7.25. The molecule has 0 aliphatic heterocycles. The normalized spacial score (nSPS) is 13.5. The standard InChI is InChI=1S/C16H25BrFNO/c1-5-8-19-14(11-16(2,3)20-4)10-12-9-13(18)6-7-15(12)17/h6-7,9,14,19H,5,8,10-11H2,1-4H3. The summed E-state index contributed by atoms with van der Waals surface area (Å²) in [5, 5.41) is 3.53. The lowest BCUT2D eigenvalue weighted by molar-refractivity contribution is 0.00713. The van der Waals surface area contributed by atoms with Gasteiger partial charge in [0.2, 0.25) is 0 Å². The first kappa shape index (κ1) is 17.6. The minimum atomic E-state index is -0.191. The molecule has 1 rings (SSSR count). The van der Waals surface area contributed by atoms with Gasteiger partial charge < -0.3 is 10.1 Å². The van der Waals surface area contributed by atoms with Crippen LogP contribution in [0.4, 0.5) is 4.39 Å². The van der Waals surface area contributed by atoms with Crippen molar-refractivity contribution in [2.75, 3.05) is 13.7 Å². The average Bonchev–Trinajstić information content (AvgIpc) is 2.40. The van der Waals surface area contributed by atoms with Crippen LogP contribution in [0.3, 0.4) is 0 Å². The van der Waals surface area contributed by atoms with E-state index in [2.05, 4.69) is 42.0 Å². The van der Waals surface area contributed by atoms with Gasteiger partial charge in [0, 0.05) is 17.6 Å². The molecule has 0 heterocycles. The van der Waals surface area contributed by atoms with E-state index < -0.39 is 0 Å².